The number of aromatic nitrogens is 1. The Hall–Kier alpha value is -2.64. The molecule has 1 aromatic heterocycles. The second kappa shape index (κ2) is 9.03. The standard InChI is InChI=1S/C21H25N3O3S/c1-23(2)12-7-13-24(20(25)15-8-5-9-16(14-15)26-3)21-22-19-17(27-4)10-6-11-18(19)28-21/h5-6,8-11,14H,7,12-13H2,1-4H3/p+1. The molecule has 0 spiro atoms. The van der Waals surface area contributed by atoms with Crippen molar-refractivity contribution in [2.75, 3.05) is 46.3 Å². The summed E-state index contributed by atoms with van der Waals surface area (Å²) < 4.78 is 11.7. The number of anilines is 1. The summed E-state index contributed by atoms with van der Waals surface area (Å²) in [6.45, 7) is 1.57. The van der Waals surface area contributed by atoms with Crippen LogP contribution in [0.15, 0.2) is 42.5 Å². The van der Waals surface area contributed by atoms with E-state index in [1.807, 2.05) is 36.4 Å². The van der Waals surface area contributed by atoms with E-state index in [0.717, 1.165) is 23.2 Å². The first-order valence-electron chi connectivity index (χ1n) is 9.22. The number of hydrogen-bond acceptors (Lipinski definition) is 5. The number of ether oxygens (including phenoxy) is 2. The lowest BCUT2D eigenvalue weighted by Crippen LogP contribution is -3.05. The van der Waals surface area contributed by atoms with Gasteiger partial charge in [0.15, 0.2) is 5.13 Å². The molecule has 1 amide bonds. The summed E-state index contributed by atoms with van der Waals surface area (Å²) in [7, 11) is 7.45. The van der Waals surface area contributed by atoms with Crippen molar-refractivity contribution >= 4 is 32.6 Å². The zero-order valence-electron chi connectivity index (χ0n) is 16.7. The van der Waals surface area contributed by atoms with Crippen molar-refractivity contribution in [2.24, 2.45) is 0 Å². The van der Waals surface area contributed by atoms with Gasteiger partial charge in [-0.1, -0.05) is 23.5 Å². The molecular weight excluding hydrogens is 374 g/mol. The molecule has 0 aliphatic heterocycles. The number of benzene rings is 2. The molecule has 1 heterocycles. The van der Waals surface area contributed by atoms with Crippen LogP contribution in [0.25, 0.3) is 10.2 Å². The molecule has 2 aromatic carbocycles. The van der Waals surface area contributed by atoms with Crippen molar-refractivity contribution in [3.8, 4) is 11.5 Å². The number of methoxy groups -OCH3 is 2. The highest BCUT2D eigenvalue weighted by molar-refractivity contribution is 7.22. The molecule has 0 saturated heterocycles. The average Bonchev–Trinajstić information content (AvgIpc) is 3.14. The third-order valence-corrected chi connectivity index (χ3v) is 5.49. The van der Waals surface area contributed by atoms with Crippen LogP contribution in [-0.4, -0.2) is 52.3 Å². The molecule has 0 unspecified atom stereocenters. The number of quaternary nitrogens is 1. The van der Waals surface area contributed by atoms with Crippen LogP contribution < -0.4 is 19.3 Å². The molecule has 0 bridgehead atoms. The Kier molecular flexibility index (Phi) is 6.49. The number of para-hydroxylation sites is 1. The summed E-state index contributed by atoms with van der Waals surface area (Å²) in [4.78, 5) is 21.2. The van der Waals surface area contributed by atoms with Crippen LogP contribution in [0, 0.1) is 0 Å². The lowest BCUT2D eigenvalue weighted by molar-refractivity contribution is -0.858. The first-order chi connectivity index (χ1) is 13.5. The van der Waals surface area contributed by atoms with Crippen molar-refractivity contribution in [3.63, 3.8) is 0 Å². The highest BCUT2D eigenvalue weighted by Gasteiger charge is 2.22. The lowest BCUT2D eigenvalue weighted by atomic mass is 10.2. The van der Waals surface area contributed by atoms with E-state index < -0.39 is 0 Å². The minimum absolute atomic E-state index is 0.0781. The maximum Gasteiger partial charge on any atom is 0.260 e. The Balaban J connectivity index is 1.97. The summed E-state index contributed by atoms with van der Waals surface area (Å²) in [6, 6.07) is 13.1. The van der Waals surface area contributed by atoms with Gasteiger partial charge in [-0.05, 0) is 30.3 Å². The van der Waals surface area contributed by atoms with Gasteiger partial charge in [0.25, 0.3) is 5.91 Å². The van der Waals surface area contributed by atoms with Crippen molar-refractivity contribution in [1.82, 2.24) is 4.98 Å². The molecule has 148 valence electrons. The molecular formula is C21H26N3O3S+. The molecule has 0 radical (unpaired) electrons. The van der Waals surface area contributed by atoms with Crippen molar-refractivity contribution < 1.29 is 19.2 Å². The Morgan fingerprint density at radius 3 is 2.64 bits per heavy atom. The fourth-order valence-electron chi connectivity index (χ4n) is 2.98. The van der Waals surface area contributed by atoms with Gasteiger partial charge in [0.05, 0.1) is 39.6 Å². The predicted octanol–water partition coefficient (Wildman–Crippen LogP) is 2.49. The van der Waals surface area contributed by atoms with E-state index in [0.29, 0.717) is 28.7 Å². The van der Waals surface area contributed by atoms with E-state index in [4.69, 9.17) is 14.5 Å². The summed E-state index contributed by atoms with van der Waals surface area (Å²) in [6.07, 6.45) is 0.880. The smallest absolute Gasteiger partial charge is 0.260 e. The second-order valence-corrected chi connectivity index (χ2v) is 7.81. The quantitative estimate of drug-likeness (QED) is 0.631. The van der Waals surface area contributed by atoms with Crippen molar-refractivity contribution in [3.05, 3.63) is 48.0 Å². The van der Waals surface area contributed by atoms with E-state index in [9.17, 15) is 4.79 Å². The summed E-state index contributed by atoms with van der Waals surface area (Å²) >= 11 is 1.50. The number of carbonyl (C=O) groups is 1. The predicted molar refractivity (Wildman–Crippen MR) is 113 cm³/mol. The SMILES string of the molecule is COc1cccc(C(=O)N(CCC[NH+](C)C)c2nc3c(OC)cccc3s2)c1. The minimum Gasteiger partial charge on any atom is -0.497 e. The fourth-order valence-corrected chi connectivity index (χ4v) is 3.99. The first-order valence-corrected chi connectivity index (χ1v) is 10.0. The third-order valence-electron chi connectivity index (χ3n) is 4.44. The van der Waals surface area contributed by atoms with Crippen LogP contribution in [0.4, 0.5) is 5.13 Å². The van der Waals surface area contributed by atoms with E-state index in [1.165, 1.54) is 16.2 Å². The Bertz CT molecular complexity index is 955. The molecule has 3 rings (SSSR count). The minimum atomic E-state index is -0.0781. The summed E-state index contributed by atoms with van der Waals surface area (Å²) in [5, 5.41) is 0.682. The Morgan fingerprint density at radius 2 is 1.93 bits per heavy atom. The zero-order valence-corrected chi connectivity index (χ0v) is 17.5. The number of carbonyl (C=O) groups excluding carboxylic acids is 1. The van der Waals surface area contributed by atoms with Gasteiger partial charge >= 0.3 is 0 Å². The van der Waals surface area contributed by atoms with Crippen LogP contribution in [0.3, 0.4) is 0 Å². The third kappa shape index (κ3) is 4.43. The largest absolute Gasteiger partial charge is 0.497 e. The average molecular weight is 401 g/mol. The van der Waals surface area contributed by atoms with Crippen LogP contribution in [0.1, 0.15) is 16.8 Å². The van der Waals surface area contributed by atoms with E-state index in [-0.39, 0.29) is 5.91 Å². The molecule has 28 heavy (non-hydrogen) atoms. The van der Waals surface area contributed by atoms with Gasteiger partial charge in [-0.2, -0.15) is 0 Å². The first kappa shape index (κ1) is 20.1. The number of nitrogens with zero attached hydrogens (tertiary/aromatic N) is 2. The van der Waals surface area contributed by atoms with Crippen molar-refractivity contribution in [2.45, 2.75) is 6.42 Å². The number of rotatable bonds is 8. The fraction of sp³-hybridized carbons (Fsp3) is 0.333. The Morgan fingerprint density at radius 1 is 1.14 bits per heavy atom. The van der Waals surface area contributed by atoms with E-state index >= 15 is 0 Å². The summed E-state index contributed by atoms with van der Waals surface area (Å²) in [5.41, 5.74) is 1.37. The van der Waals surface area contributed by atoms with Gasteiger partial charge in [0, 0.05) is 18.5 Å². The van der Waals surface area contributed by atoms with Crippen LogP contribution in [0.2, 0.25) is 0 Å². The normalized spacial score (nSPS) is 11.0. The molecule has 7 heteroatoms. The van der Waals surface area contributed by atoms with Gasteiger partial charge in [0.1, 0.15) is 17.0 Å². The van der Waals surface area contributed by atoms with Gasteiger partial charge in [0.2, 0.25) is 0 Å². The molecule has 0 atom stereocenters. The molecule has 0 aliphatic carbocycles. The monoisotopic (exact) mass is 400 g/mol. The van der Waals surface area contributed by atoms with Gasteiger partial charge < -0.3 is 14.4 Å². The van der Waals surface area contributed by atoms with Crippen LogP contribution in [-0.2, 0) is 0 Å². The maximum absolute atomic E-state index is 13.3. The second-order valence-electron chi connectivity index (χ2n) is 6.80. The number of amides is 1. The van der Waals surface area contributed by atoms with Gasteiger partial charge in [-0.3, -0.25) is 9.69 Å². The number of hydrogen-bond donors (Lipinski definition) is 1. The molecule has 0 fully saturated rings. The van der Waals surface area contributed by atoms with E-state index in [2.05, 4.69) is 14.1 Å². The van der Waals surface area contributed by atoms with Crippen LogP contribution >= 0.6 is 11.3 Å². The number of thiazole rings is 1. The van der Waals surface area contributed by atoms with Crippen LogP contribution in [0.5, 0.6) is 11.5 Å². The lowest BCUT2D eigenvalue weighted by Gasteiger charge is -2.20. The molecule has 0 saturated carbocycles. The van der Waals surface area contributed by atoms with E-state index in [1.54, 1.807) is 25.2 Å². The number of nitrogens with one attached hydrogen (secondary N) is 1. The zero-order chi connectivity index (χ0) is 20.1. The molecule has 3 aromatic rings. The highest BCUT2D eigenvalue weighted by Crippen LogP contribution is 2.34. The topological polar surface area (TPSA) is 56.1 Å². The van der Waals surface area contributed by atoms with Gasteiger partial charge in [-0.25, -0.2) is 4.98 Å². The Labute approximate surface area is 169 Å². The molecule has 0 aliphatic rings. The summed E-state index contributed by atoms with van der Waals surface area (Å²) in [5.74, 6) is 1.30. The number of fused-ring (bicyclic) bond motifs is 1. The van der Waals surface area contributed by atoms with Gasteiger partial charge in [-0.15, -0.1) is 0 Å². The highest BCUT2D eigenvalue weighted by atomic mass is 32.1. The molecule has 6 nitrogen and oxygen atoms in total. The maximum atomic E-state index is 13.3. The van der Waals surface area contributed by atoms with Crippen molar-refractivity contribution in [1.29, 1.82) is 0 Å². The molecule has 1 N–H and O–H groups in total.